The van der Waals surface area contributed by atoms with Crippen molar-refractivity contribution in [3.05, 3.63) is 0 Å². The maximum atomic E-state index is 12.6. The van der Waals surface area contributed by atoms with Gasteiger partial charge in [0.1, 0.15) is 0 Å². The van der Waals surface area contributed by atoms with Crippen LogP contribution < -0.4 is 5.32 Å². The van der Waals surface area contributed by atoms with Crippen molar-refractivity contribution < 1.29 is 9.90 Å². The molecule has 4 bridgehead atoms. The van der Waals surface area contributed by atoms with E-state index in [2.05, 4.69) is 19.2 Å². The lowest BCUT2D eigenvalue weighted by molar-refractivity contribution is -0.178. The molecule has 4 aliphatic rings. The van der Waals surface area contributed by atoms with Gasteiger partial charge in [-0.1, -0.05) is 13.8 Å². The van der Waals surface area contributed by atoms with Gasteiger partial charge in [-0.05, 0) is 62.7 Å². The molecule has 4 fully saturated rings. The standard InChI is InChI=1S/C16H27NO2/c1-11(2)3-4-17-14(18)15-6-12-5-13(7-15)9-16(19,8-12)10-15/h11-13,19H,3-10H2,1-2H3,(H,17,18). The third kappa shape index (κ3) is 2.42. The number of aliphatic hydroxyl groups is 1. The summed E-state index contributed by atoms with van der Waals surface area (Å²) < 4.78 is 0. The van der Waals surface area contributed by atoms with E-state index in [0.717, 1.165) is 38.6 Å². The summed E-state index contributed by atoms with van der Waals surface area (Å²) in [7, 11) is 0. The van der Waals surface area contributed by atoms with Crippen molar-refractivity contribution in [2.24, 2.45) is 23.2 Å². The van der Waals surface area contributed by atoms with Gasteiger partial charge in [0.05, 0.1) is 11.0 Å². The fraction of sp³-hybridized carbons (Fsp3) is 0.938. The van der Waals surface area contributed by atoms with Crippen LogP contribution in [-0.2, 0) is 4.79 Å². The summed E-state index contributed by atoms with van der Waals surface area (Å²) in [5, 5.41) is 13.8. The van der Waals surface area contributed by atoms with Crippen molar-refractivity contribution in [1.82, 2.24) is 5.32 Å². The molecular weight excluding hydrogens is 238 g/mol. The van der Waals surface area contributed by atoms with Crippen molar-refractivity contribution in [1.29, 1.82) is 0 Å². The first-order valence-corrected chi connectivity index (χ1v) is 7.92. The molecule has 108 valence electrons. The topological polar surface area (TPSA) is 49.3 Å². The summed E-state index contributed by atoms with van der Waals surface area (Å²) in [4.78, 5) is 12.6. The van der Waals surface area contributed by atoms with Crippen LogP contribution in [0.25, 0.3) is 0 Å². The largest absolute Gasteiger partial charge is 0.390 e. The average molecular weight is 265 g/mol. The SMILES string of the molecule is CC(C)CCNC(=O)C12CC3CC(CC(O)(C3)C1)C2. The lowest BCUT2D eigenvalue weighted by Gasteiger charge is -2.59. The minimum Gasteiger partial charge on any atom is -0.390 e. The van der Waals surface area contributed by atoms with Gasteiger partial charge in [0, 0.05) is 6.54 Å². The molecule has 0 aromatic carbocycles. The van der Waals surface area contributed by atoms with Gasteiger partial charge in [-0.2, -0.15) is 0 Å². The Labute approximate surface area is 116 Å². The molecule has 0 saturated heterocycles. The Bertz CT molecular complexity index is 363. The molecule has 19 heavy (non-hydrogen) atoms. The summed E-state index contributed by atoms with van der Waals surface area (Å²) in [6, 6.07) is 0. The highest BCUT2D eigenvalue weighted by molar-refractivity contribution is 5.83. The van der Waals surface area contributed by atoms with Crippen LogP contribution in [0.15, 0.2) is 0 Å². The van der Waals surface area contributed by atoms with Crippen molar-refractivity contribution in [3.8, 4) is 0 Å². The molecule has 0 aromatic rings. The van der Waals surface area contributed by atoms with Gasteiger partial charge in [0.15, 0.2) is 0 Å². The Hall–Kier alpha value is -0.570. The Kier molecular flexibility index (Phi) is 3.16. The molecule has 0 aliphatic heterocycles. The molecule has 4 aliphatic carbocycles. The highest BCUT2D eigenvalue weighted by Gasteiger charge is 2.59. The zero-order valence-corrected chi connectivity index (χ0v) is 12.2. The van der Waals surface area contributed by atoms with Gasteiger partial charge in [-0.25, -0.2) is 0 Å². The van der Waals surface area contributed by atoms with Crippen LogP contribution in [-0.4, -0.2) is 23.2 Å². The number of hydrogen-bond acceptors (Lipinski definition) is 2. The lowest BCUT2D eigenvalue weighted by Crippen LogP contribution is -2.60. The second-order valence-corrected chi connectivity index (χ2v) is 7.90. The normalized spacial score (nSPS) is 43.8. The number of amides is 1. The van der Waals surface area contributed by atoms with Crippen LogP contribution in [0.5, 0.6) is 0 Å². The summed E-state index contributed by atoms with van der Waals surface area (Å²) in [5.74, 6) is 2.02. The zero-order chi connectivity index (χ0) is 13.7. The van der Waals surface area contributed by atoms with Crippen molar-refractivity contribution in [2.45, 2.75) is 64.4 Å². The van der Waals surface area contributed by atoms with E-state index in [0.29, 0.717) is 24.2 Å². The molecule has 0 aromatic heterocycles. The van der Waals surface area contributed by atoms with E-state index in [1.807, 2.05) is 0 Å². The van der Waals surface area contributed by atoms with E-state index in [1.54, 1.807) is 0 Å². The average Bonchev–Trinajstić information content (AvgIpc) is 2.24. The first-order chi connectivity index (χ1) is 8.91. The van der Waals surface area contributed by atoms with Gasteiger partial charge in [0.25, 0.3) is 0 Å². The summed E-state index contributed by atoms with van der Waals surface area (Å²) in [6.45, 7) is 5.14. The molecule has 4 saturated carbocycles. The van der Waals surface area contributed by atoms with Crippen LogP contribution >= 0.6 is 0 Å². The Balaban J connectivity index is 1.68. The minimum atomic E-state index is -0.528. The molecule has 2 unspecified atom stereocenters. The van der Waals surface area contributed by atoms with Crippen molar-refractivity contribution in [3.63, 3.8) is 0 Å². The summed E-state index contributed by atoms with van der Waals surface area (Å²) in [5.41, 5.74) is -0.769. The molecule has 3 nitrogen and oxygen atoms in total. The van der Waals surface area contributed by atoms with Gasteiger partial charge in [-0.15, -0.1) is 0 Å². The predicted molar refractivity (Wildman–Crippen MR) is 74.5 cm³/mol. The molecule has 2 atom stereocenters. The number of carbonyl (C=O) groups is 1. The quantitative estimate of drug-likeness (QED) is 0.820. The third-order valence-corrected chi connectivity index (χ3v) is 5.52. The fourth-order valence-corrected chi connectivity index (χ4v) is 5.14. The minimum absolute atomic E-state index is 0.223. The van der Waals surface area contributed by atoms with Crippen LogP contribution in [0.2, 0.25) is 0 Å². The maximum Gasteiger partial charge on any atom is 0.226 e. The van der Waals surface area contributed by atoms with Gasteiger partial charge in [-0.3, -0.25) is 4.79 Å². The fourth-order valence-electron chi connectivity index (χ4n) is 5.14. The van der Waals surface area contributed by atoms with E-state index in [-0.39, 0.29) is 11.3 Å². The smallest absolute Gasteiger partial charge is 0.226 e. The molecule has 3 heteroatoms. The van der Waals surface area contributed by atoms with E-state index < -0.39 is 5.60 Å². The second kappa shape index (κ2) is 4.47. The van der Waals surface area contributed by atoms with Crippen LogP contribution in [0.1, 0.15) is 58.8 Å². The first-order valence-electron chi connectivity index (χ1n) is 7.92. The van der Waals surface area contributed by atoms with Gasteiger partial charge in [0.2, 0.25) is 5.91 Å². The van der Waals surface area contributed by atoms with Gasteiger partial charge < -0.3 is 10.4 Å². The summed E-state index contributed by atoms with van der Waals surface area (Å²) >= 11 is 0. The number of rotatable bonds is 4. The first kappa shape index (κ1) is 13.4. The van der Waals surface area contributed by atoms with E-state index in [4.69, 9.17) is 0 Å². The molecule has 0 spiro atoms. The third-order valence-electron chi connectivity index (χ3n) is 5.52. The second-order valence-electron chi connectivity index (χ2n) is 7.90. The molecule has 4 rings (SSSR count). The molecule has 2 N–H and O–H groups in total. The van der Waals surface area contributed by atoms with Crippen molar-refractivity contribution >= 4 is 5.91 Å². The number of nitrogens with one attached hydrogen (secondary N) is 1. The van der Waals surface area contributed by atoms with E-state index >= 15 is 0 Å². The number of carbonyl (C=O) groups excluding carboxylic acids is 1. The van der Waals surface area contributed by atoms with E-state index in [1.165, 1.54) is 6.42 Å². The molecule has 0 heterocycles. The molecular formula is C16H27NO2. The Morgan fingerprint density at radius 3 is 2.42 bits per heavy atom. The zero-order valence-electron chi connectivity index (χ0n) is 12.2. The predicted octanol–water partition coefficient (Wildman–Crippen LogP) is 2.48. The molecule has 1 amide bonds. The van der Waals surface area contributed by atoms with Crippen molar-refractivity contribution in [2.75, 3.05) is 6.54 Å². The highest BCUT2D eigenvalue weighted by atomic mass is 16.3. The lowest BCUT2D eigenvalue weighted by atomic mass is 9.47. The molecule has 0 radical (unpaired) electrons. The Morgan fingerprint density at radius 1 is 1.26 bits per heavy atom. The van der Waals surface area contributed by atoms with Crippen LogP contribution in [0, 0.1) is 23.2 Å². The summed E-state index contributed by atoms with van der Waals surface area (Å²) in [6.07, 6.45) is 6.89. The van der Waals surface area contributed by atoms with Gasteiger partial charge >= 0.3 is 0 Å². The van der Waals surface area contributed by atoms with E-state index in [9.17, 15) is 9.90 Å². The Morgan fingerprint density at radius 2 is 1.89 bits per heavy atom. The van der Waals surface area contributed by atoms with Crippen LogP contribution in [0.4, 0.5) is 0 Å². The highest BCUT2D eigenvalue weighted by Crippen LogP contribution is 2.61. The number of hydrogen-bond donors (Lipinski definition) is 2. The van der Waals surface area contributed by atoms with Crippen LogP contribution in [0.3, 0.4) is 0 Å². The monoisotopic (exact) mass is 265 g/mol. The maximum absolute atomic E-state index is 12.6.